The van der Waals surface area contributed by atoms with Gasteiger partial charge in [0.15, 0.2) is 0 Å². The van der Waals surface area contributed by atoms with Gasteiger partial charge in [0.1, 0.15) is 11.6 Å². The molecule has 0 unspecified atom stereocenters. The molecule has 0 fully saturated rings. The second kappa shape index (κ2) is 5.06. The van der Waals surface area contributed by atoms with E-state index in [0.717, 1.165) is 6.07 Å². The highest BCUT2D eigenvalue weighted by atomic mass is 19.1. The summed E-state index contributed by atoms with van der Waals surface area (Å²) in [5, 5.41) is 2.45. The largest absolute Gasteiger partial charge is 0.397 e. The lowest BCUT2D eigenvalue weighted by atomic mass is 10.1. The summed E-state index contributed by atoms with van der Waals surface area (Å²) in [5.74, 6) is -1.71. The summed E-state index contributed by atoms with van der Waals surface area (Å²) in [7, 11) is 0. The molecule has 0 heterocycles. The fourth-order valence-corrected chi connectivity index (χ4v) is 1.66. The first-order chi connectivity index (χ1) is 8.99. The second-order valence-corrected chi connectivity index (χ2v) is 4.12. The zero-order valence-electron chi connectivity index (χ0n) is 10.2. The molecule has 0 saturated carbocycles. The van der Waals surface area contributed by atoms with Crippen LogP contribution in [-0.4, -0.2) is 5.91 Å². The maximum Gasteiger partial charge on any atom is 0.258 e. The summed E-state index contributed by atoms with van der Waals surface area (Å²) in [5.41, 5.74) is 6.19. The zero-order valence-corrected chi connectivity index (χ0v) is 10.2. The van der Waals surface area contributed by atoms with Crippen LogP contribution < -0.4 is 11.1 Å². The Morgan fingerprint density at radius 1 is 1.21 bits per heavy atom. The molecule has 0 saturated heterocycles. The van der Waals surface area contributed by atoms with Gasteiger partial charge in [0.2, 0.25) is 0 Å². The van der Waals surface area contributed by atoms with E-state index in [1.165, 1.54) is 18.2 Å². The molecule has 3 nitrogen and oxygen atoms in total. The fraction of sp³-hybridized carbons (Fsp3) is 0.0714. The Labute approximate surface area is 109 Å². The van der Waals surface area contributed by atoms with Crippen LogP contribution in [0.5, 0.6) is 0 Å². The third kappa shape index (κ3) is 2.70. The standard InChI is InChI=1S/C14H12F2N2O/c1-8-3-2-4-10(13(8)16)14(19)18-12-6-5-9(15)7-11(12)17/h2-7H,17H2,1H3,(H,18,19). The number of carbonyl (C=O) groups excluding carboxylic acids is 1. The first-order valence-corrected chi connectivity index (χ1v) is 5.60. The molecule has 2 aromatic carbocycles. The van der Waals surface area contributed by atoms with Crippen LogP contribution in [0.4, 0.5) is 20.2 Å². The predicted molar refractivity (Wildman–Crippen MR) is 69.9 cm³/mol. The number of carbonyl (C=O) groups is 1. The van der Waals surface area contributed by atoms with Crippen LogP contribution in [0.1, 0.15) is 15.9 Å². The van der Waals surface area contributed by atoms with Gasteiger partial charge in [-0.2, -0.15) is 0 Å². The summed E-state index contributed by atoms with van der Waals surface area (Å²) >= 11 is 0. The van der Waals surface area contributed by atoms with E-state index in [9.17, 15) is 13.6 Å². The minimum atomic E-state index is -0.625. The lowest BCUT2D eigenvalue weighted by Gasteiger charge is -2.09. The number of amides is 1. The number of nitrogen functional groups attached to an aromatic ring is 1. The highest BCUT2D eigenvalue weighted by molar-refractivity contribution is 6.06. The first kappa shape index (κ1) is 13.0. The smallest absolute Gasteiger partial charge is 0.258 e. The van der Waals surface area contributed by atoms with Crippen molar-refractivity contribution in [1.29, 1.82) is 0 Å². The van der Waals surface area contributed by atoms with Gasteiger partial charge in [0.05, 0.1) is 16.9 Å². The van der Waals surface area contributed by atoms with Crippen molar-refractivity contribution in [2.45, 2.75) is 6.92 Å². The van der Waals surface area contributed by atoms with Crippen molar-refractivity contribution in [1.82, 2.24) is 0 Å². The summed E-state index contributed by atoms with van der Waals surface area (Å²) in [6, 6.07) is 8.11. The Hall–Kier alpha value is -2.43. The van der Waals surface area contributed by atoms with E-state index in [1.807, 2.05) is 0 Å². The number of halogens is 2. The van der Waals surface area contributed by atoms with Gasteiger partial charge in [-0.25, -0.2) is 8.78 Å². The molecule has 0 aliphatic carbocycles. The molecular weight excluding hydrogens is 250 g/mol. The number of hydrogen-bond donors (Lipinski definition) is 2. The van der Waals surface area contributed by atoms with Gasteiger partial charge >= 0.3 is 0 Å². The van der Waals surface area contributed by atoms with Crippen LogP contribution in [0.3, 0.4) is 0 Å². The van der Waals surface area contributed by atoms with Crippen LogP contribution in [0, 0.1) is 18.6 Å². The minimum absolute atomic E-state index is 0.0799. The van der Waals surface area contributed by atoms with E-state index in [0.29, 0.717) is 5.56 Å². The van der Waals surface area contributed by atoms with Crippen molar-refractivity contribution >= 4 is 17.3 Å². The Morgan fingerprint density at radius 2 is 1.95 bits per heavy atom. The summed E-state index contributed by atoms with van der Waals surface area (Å²) < 4.78 is 26.6. The quantitative estimate of drug-likeness (QED) is 0.817. The van der Waals surface area contributed by atoms with Crippen molar-refractivity contribution in [3.63, 3.8) is 0 Å². The topological polar surface area (TPSA) is 55.1 Å². The van der Waals surface area contributed by atoms with E-state index >= 15 is 0 Å². The molecule has 0 atom stereocenters. The highest BCUT2D eigenvalue weighted by Crippen LogP contribution is 2.21. The molecule has 0 bridgehead atoms. The second-order valence-electron chi connectivity index (χ2n) is 4.12. The number of nitrogens with two attached hydrogens (primary N) is 1. The number of rotatable bonds is 2. The van der Waals surface area contributed by atoms with Crippen LogP contribution in [0.25, 0.3) is 0 Å². The molecule has 2 aromatic rings. The number of aryl methyl sites for hydroxylation is 1. The Morgan fingerprint density at radius 3 is 2.63 bits per heavy atom. The van der Waals surface area contributed by atoms with E-state index in [4.69, 9.17) is 5.73 Å². The van der Waals surface area contributed by atoms with Crippen molar-refractivity contribution < 1.29 is 13.6 Å². The van der Waals surface area contributed by atoms with Crippen molar-refractivity contribution in [2.24, 2.45) is 0 Å². The van der Waals surface area contributed by atoms with Crippen LogP contribution in [-0.2, 0) is 0 Å². The molecule has 5 heteroatoms. The monoisotopic (exact) mass is 262 g/mol. The highest BCUT2D eigenvalue weighted by Gasteiger charge is 2.14. The maximum absolute atomic E-state index is 13.8. The SMILES string of the molecule is Cc1cccc(C(=O)Nc2ccc(F)cc2N)c1F. The molecule has 0 aromatic heterocycles. The van der Waals surface area contributed by atoms with E-state index < -0.39 is 17.5 Å². The van der Waals surface area contributed by atoms with E-state index in [2.05, 4.69) is 5.32 Å². The zero-order chi connectivity index (χ0) is 14.0. The summed E-state index contributed by atoms with van der Waals surface area (Å²) in [6.07, 6.45) is 0. The van der Waals surface area contributed by atoms with Gasteiger partial charge < -0.3 is 11.1 Å². The number of benzene rings is 2. The lowest BCUT2D eigenvalue weighted by molar-refractivity contribution is 0.102. The minimum Gasteiger partial charge on any atom is -0.397 e. The number of hydrogen-bond acceptors (Lipinski definition) is 2. The van der Waals surface area contributed by atoms with Gasteiger partial charge in [-0.3, -0.25) is 4.79 Å². The van der Waals surface area contributed by atoms with Gasteiger partial charge in [-0.05, 0) is 36.8 Å². The predicted octanol–water partition coefficient (Wildman–Crippen LogP) is 3.11. The van der Waals surface area contributed by atoms with Crippen molar-refractivity contribution in [2.75, 3.05) is 11.1 Å². The van der Waals surface area contributed by atoms with Gasteiger partial charge in [-0.15, -0.1) is 0 Å². The number of nitrogens with one attached hydrogen (secondary N) is 1. The van der Waals surface area contributed by atoms with Crippen LogP contribution in [0.15, 0.2) is 36.4 Å². The summed E-state index contributed by atoms with van der Waals surface area (Å²) in [6.45, 7) is 1.57. The molecule has 0 spiro atoms. The maximum atomic E-state index is 13.8. The fourth-order valence-electron chi connectivity index (χ4n) is 1.66. The van der Waals surface area contributed by atoms with Gasteiger partial charge in [-0.1, -0.05) is 12.1 Å². The van der Waals surface area contributed by atoms with Crippen LogP contribution >= 0.6 is 0 Å². The number of anilines is 2. The Bertz CT molecular complexity index is 641. The molecule has 3 N–H and O–H groups in total. The van der Waals surface area contributed by atoms with Crippen molar-refractivity contribution in [3.8, 4) is 0 Å². The van der Waals surface area contributed by atoms with Crippen LogP contribution in [0.2, 0.25) is 0 Å². The third-order valence-electron chi connectivity index (χ3n) is 2.70. The molecule has 98 valence electrons. The molecule has 19 heavy (non-hydrogen) atoms. The molecular formula is C14H12F2N2O. The molecule has 0 aliphatic rings. The first-order valence-electron chi connectivity index (χ1n) is 5.60. The molecule has 1 amide bonds. The van der Waals surface area contributed by atoms with Crippen molar-refractivity contribution in [3.05, 3.63) is 59.2 Å². The van der Waals surface area contributed by atoms with Gasteiger partial charge in [0, 0.05) is 0 Å². The normalized spacial score (nSPS) is 10.3. The Balaban J connectivity index is 2.28. The molecule has 2 rings (SSSR count). The van der Waals surface area contributed by atoms with Gasteiger partial charge in [0.25, 0.3) is 5.91 Å². The average Bonchev–Trinajstić information content (AvgIpc) is 2.36. The lowest BCUT2D eigenvalue weighted by Crippen LogP contribution is -2.15. The summed E-state index contributed by atoms with van der Waals surface area (Å²) in [4.78, 5) is 11.9. The van der Waals surface area contributed by atoms with E-state index in [-0.39, 0.29) is 16.9 Å². The molecule has 0 aliphatic heterocycles. The Kier molecular flexibility index (Phi) is 3.46. The molecule has 0 radical (unpaired) electrons. The van der Waals surface area contributed by atoms with E-state index in [1.54, 1.807) is 19.1 Å². The third-order valence-corrected chi connectivity index (χ3v) is 2.70. The average molecular weight is 262 g/mol.